The molecule has 0 spiro atoms. The summed E-state index contributed by atoms with van der Waals surface area (Å²) in [6.45, 7) is 7.79. The molecule has 1 aromatic heterocycles. The Labute approximate surface area is 72.2 Å². The molecule has 1 heterocycles. The molecule has 0 amide bonds. The van der Waals surface area contributed by atoms with Gasteiger partial charge in [-0.05, 0) is 6.92 Å². The van der Waals surface area contributed by atoms with E-state index in [1.807, 2.05) is 20.8 Å². The maximum atomic E-state index is 11.2. The second kappa shape index (κ2) is 2.77. The Morgan fingerprint density at radius 2 is 1.92 bits per heavy atom. The summed E-state index contributed by atoms with van der Waals surface area (Å²) in [4.78, 5) is 11.2. The molecule has 0 aliphatic carbocycles. The van der Waals surface area contributed by atoms with E-state index in [0.29, 0.717) is 5.56 Å². The summed E-state index contributed by atoms with van der Waals surface area (Å²) in [5, 5.41) is 0. The van der Waals surface area contributed by atoms with Gasteiger partial charge in [-0.3, -0.25) is 4.79 Å². The van der Waals surface area contributed by atoms with E-state index in [4.69, 9.17) is 4.42 Å². The van der Waals surface area contributed by atoms with E-state index < -0.39 is 0 Å². The third kappa shape index (κ3) is 1.76. The Bertz CT molecular complexity index is 328. The lowest BCUT2D eigenvalue weighted by Crippen LogP contribution is -2.15. The molecule has 1 aromatic rings. The van der Waals surface area contributed by atoms with Crippen LogP contribution >= 0.6 is 0 Å². The molecule has 0 saturated heterocycles. The minimum absolute atomic E-state index is 0.0474. The maximum absolute atomic E-state index is 11.2. The summed E-state index contributed by atoms with van der Waals surface area (Å²) in [7, 11) is 0. The lowest BCUT2D eigenvalue weighted by Gasteiger charge is -2.16. The zero-order valence-electron chi connectivity index (χ0n) is 7.97. The Hall–Kier alpha value is -1.05. The summed E-state index contributed by atoms with van der Waals surface area (Å²) in [5.74, 6) is 0.734. The molecule has 0 saturated carbocycles. The number of hydrogen-bond donors (Lipinski definition) is 0. The molecule has 0 bridgehead atoms. The highest BCUT2D eigenvalue weighted by Gasteiger charge is 2.16. The highest BCUT2D eigenvalue weighted by Crippen LogP contribution is 2.20. The zero-order valence-corrected chi connectivity index (χ0v) is 7.97. The van der Waals surface area contributed by atoms with Crippen molar-refractivity contribution in [3.63, 3.8) is 0 Å². The summed E-state index contributed by atoms with van der Waals surface area (Å²) >= 11 is 0. The van der Waals surface area contributed by atoms with Crippen molar-refractivity contribution in [3.05, 3.63) is 33.9 Å². The van der Waals surface area contributed by atoms with Crippen molar-refractivity contribution in [3.8, 4) is 0 Å². The average Bonchev–Trinajstić information content (AvgIpc) is 1.92. The van der Waals surface area contributed by atoms with Gasteiger partial charge in [0.05, 0.1) is 6.26 Å². The van der Waals surface area contributed by atoms with Crippen LogP contribution in [0.3, 0.4) is 0 Å². The quantitative estimate of drug-likeness (QED) is 0.591. The van der Waals surface area contributed by atoms with Crippen LogP contribution in [0.1, 0.15) is 32.1 Å². The van der Waals surface area contributed by atoms with Gasteiger partial charge in [-0.1, -0.05) is 20.8 Å². The van der Waals surface area contributed by atoms with Crippen molar-refractivity contribution in [1.82, 2.24) is 0 Å². The van der Waals surface area contributed by atoms with Gasteiger partial charge in [-0.25, -0.2) is 0 Å². The Kier molecular flexibility index (Phi) is 2.09. The van der Waals surface area contributed by atoms with E-state index in [9.17, 15) is 4.79 Å². The first kappa shape index (κ1) is 9.04. The Morgan fingerprint density at radius 3 is 2.33 bits per heavy atom. The molecule has 0 aromatic carbocycles. The first-order valence-corrected chi connectivity index (χ1v) is 4.01. The fraction of sp³-hybridized carbons (Fsp3) is 0.500. The third-order valence-corrected chi connectivity index (χ3v) is 1.75. The van der Waals surface area contributed by atoms with Crippen molar-refractivity contribution in [2.45, 2.75) is 33.1 Å². The lowest BCUT2D eigenvalue weighted by molar-refractivity contribution is 0.393. The van der Waals surface area contributed by atoms with Gasteiger partial charge in [0.1, 0.15) is 5.76 Å². The first-order valence-electron chi connectivity index (χ1n) is 4.01. The van der Waals surface area contributed by atoms with E-state index in [0.717, 1.165) is 5.76 Å². The van der Waals surface area contributed by atoms with Gasteiger partial charge < -0.3 is 4.42 Å². The molecule has 2 heteroatoms. The molecule has 0 radical (unpaired) electrons. The van der Waals surface area contributed by atoms with Gasteiger partial charge in [0, 0.05) is 17.0 Å². The average molecular weight is 166 g/mol. The SMILES string of the molecule is Cc1coc(C(C)(C)C)cc1=O. The summed E-state index contributed by atoms with van der Waals surface area (Å²) in [5.41, 5.74) is 0.613. The van der Waals surface area contributed by atoms with E-state index in [1.54, 1.807) is 13.0 Å². The molecule has 0 aliphatic rings. The molecule has 0 atom stereocenters. The van der Waals surface area contributed by atoms with Crippen LogP contribution in [0.25, 0.3) is 0 Å². The van der Waals surface area contributed by atoms with Crippen molar-refractivity contribution in [1.29, 1.82) is 0 Å². The smallest absolute Gasteiger partial charge is 0.187 e. The fourth-order valence-corrected chi connectivity index (χ4v) is 0.870. The van der Waals surface area contributed by atoms with Crippen molar-refractivity contribution in [2.24, 2.45) is 0 Å². The van der Waals surface area contributed by atoms with Gasteiger partial charge in [-0.15, -0.1) is 0 Å². The van der Waals surface area contributed by atoms with Crippen LogP contribution in [-0.4, -0.2) is 0 Å². The van der Waals surface area contributed by atoms with Crippen LogP contribution in [0, 0.1) is 6.92 Å². The fourth-order valence-electron chi connectivity index (χ4n) is 0.870. The van der Waals surface area contributed by atoms with Gasteiger partial charge in [0.15, 0.2) is 5.43 Å². The van der Waals surface area contributed by atoms with E-state index >= 15 is 0 Å². The van der Waals surface area contributed by atoms with Crippen LogP contribution in [-0.2, 0) is 5.41 Å². The molecular weight excluding hydrogens is 152 g/mol. The predicted octanol–water partition coefficient (Wildman–Crippen LogP) is 2.25. The van der Waals surface area contributed by atoms with E-state index in [2.05, 4.69) is 0 Å². The molecule has 12 heavy (non-hydrogen) atoms. The van der Waals surface area contributed by atoms with Gasteiger partial charge in [0.2, 0.25) is 0 Å². The van der Waals surface area contributed by atoms with Crippen LogP contribution < -0.4 is 5.43 Å². The van der Waals surface area contributed by atoms with Gasteiger partial charge >= 0.3 is 0 Å². The maximum Gasteiger partial charge on any atom is 0.187 e. The molecule has 0 N–H and O–H groups in total. The monoisotopic (exact) mass is 166 g/mol. The second-order valence-corrected chi connectivity index (χ2v) is 4.04. The molecular formula is C10H14O2. The summed E-state index contributed by atoms with van der Waals surface area (Å²) in [6.07, 6.45) is 1.52. The van der Waals surface area contributed by atoms with Gasteiger partial charge in [-0.2, -0.15) is 0 Å². The van der Waals surface area contributed by atoms with Gasteiger partial charge in [0.25, 0.3) is 0 Å². The number of rotatable bonds is 0. The normalized spacial score (nSPS) is 11.7. The predicted molar refractivity (Wildman–Crippen MR) is 48.4 cm³/mol. The minimum atomic E-state index is -0.0904. The van der Waals surface area contributed by atoms with Crippen molar-refractivity contribution >= 4 is 0 Å². The van der Waals surface area contributed by atoms with Crippen LogP contribution in [0.2, 0.25) is 0 Å². The summed E-state index contributed by atoms with van der Waals surface area (Å²) in [6, 6.07) is 1.56. The number of aryl methyl sites for hydroxylation is 1. The lowest BCUT2D eigenvalue weighted by atomic mass is 9.93. The second-order valence-electron chi connectivity index (χ2n) is 4.04. The van der Waals surface area contributed by atoms with Crippen molar-refractivity contribution in [2.75, 3.05) is 0 Å². The largest absolute Gasteiger partial charge is 0.468 e. The standard InChI is InChI=1S/C10H14O2/c1-7-6-12-9(5-8(7)11)10(2,3)4/h5-6H,1-4H3. The van der Waals surface area contributed by atoms with Crippen molar-refractivity contribution < 1.29 is 4.42 Å². The third-order valence-electron chi connectivity index (χ3n) is 1.75. The molecule has 1 rings (SSSR count). The van der Waals surface area contributed by atoms with Crippen LogP contribution in [0.4, 0.5) is 0 Å². The van der Waals surface area contributed by atoms with E-state index in [-0.39, 0.29) is 10.8 Å². The molecule has 0 unspecified atom stereocenters. The summed E-state index contributed by atoms with van der Waals surface area (Å²) < 4.78 is 5.30. The highest BCUT2D eigenvalue weighted by atomic mass is 16.3. The molecule has 0 aliphatic heterocycles. The first-order chi connectivity index (χ1) is 5.41. The van der Waals surface area contributed by atoms with Crippen LogP contribution in [0.15, 0.2) is 21.5 Å². The van der Waals surface area contributed by atoms with E-state index in [1.165, 1.54) is 6.26 Å². The topological polar surface area (TPSA) is 30.2 Å². The molecule has 2 nitrogen and oxygen atoms in total. The minimum Gasteiger partial charge on any atom is -0.468 e. The highest BCUT2D eigenvalue weighted by molar-refractivity contribution is 5.14. The van der Waals surface area contributed by atoms with Crippen LogP contribution in [0.5, 0.6) is 0 Å². The Balaban J connectivity index is 3.23. The molecule has 0 fully saturated rings. The molecule has 66 valence electrons. The Morgan fingerprint density at radius 1 is 1.33 bits per heavy atom. The zero-order chi connectivity index (χ0) is 9.35. The number of hydrogen-bond acceptors (Lipinski definition) is 2.